The molecule has 0 saturated heterocycles. The Labute approximate surface area is 106 Å². The Kier molecular flexibility index (Phi) is 3.69. The number of halogens is 2. The molecule has 1 saturated carbocycles. The predicted octanol–water partition coefficient (Wildman–Crippen LogP) is 2.87. The zero-order valence-corrected chi connectivity index (χ0v) is 10.8. The maximum atomic E-state index is 13.8. The summed E-state index contributed by atoms with van der Waals surface area (Å²) in [5.41, 5.74) is -0.417. The minimum absolute atomic E-state index is 0.0607. The van der Waals surface area contributed by atoms with Crippen molar-refractivity contribution >= 4 is 0 Å². The molecule has 100 valence electrons. The van der Waals surface area contributed by atoms with Crippen LogP contribution in [0.4, 0.5) is 8.78 Å². The van der Waals surface area contributed by atoms with Crippen LogP contribution < -0.4 is 0 Å². The summed E-state index contributed by atoms with van der Waals surface area (Å²) in [6, 6.07) is 3.25. The lowest BCUT2D eigenvalue weighted by atomic mass is 9.84. The van der Waals surface area contributed by atoms with Gasteiger partial charge in [-0.3, -0.25) is 0 Å². The van der Waals surface area contributed by atoms with Gasteiger partial charge < -0.3 is 10.0 Å². The predicted molar refractivity (Wildman–Crippen MR) is 66.2 cm³/mol. The van der Waals surface area contributed by atoms with Gasteiger partial charge in [-0.25, -0.2) is 8.78 Å². The Bertz CT molecular complexity index is 428. The summed E-state index contributed by atoms with van der Waals surface area (Å²) in [5.74, 6) is -1.06. The van der Waals surface area contributed by atoms with Gasteiger partial charge in [0.05, 0.1) is 5.54 Å². The van der Waals surface area contributed by atoms with Gasteiger partial charge in [0.25, 0.3) is 0 Å². The van der Waals surface area contributed by atoms with E-state index in [1.807, 2.05) is 19.0 Å². The summed E-state index contributed by atoms with van der Waals surface area (Å²) in [4.78, 5) is 1.94. The zero-order chi connectivity index (χ0) is 13.3. The van der Waals surface area contributed by atoms with Crippen LogP contribution in [0.2, 0.25) is 0 Å². The van der Waals surface area contributed by atoms with E-state index in [-0.39, 0.29) is 5.56 Å². The van der Waals surface area contributed by atoms with Gasteiger partial charge in [-0.05, 0) is 45.1 Å². The smallest absolute Gasteiger partial charge is 0.129 e. The van der Waals surface area contributed by atoms with Gasteiger partial charge in [-0.15, -0.1) is 0 Å². The van der Waals surface area contributed by atoms with E-state index in [1.54, 1.807) is 0 Å². The molecule has 0 bridgehead atoms. The van der Waals surface area contributed by atoms with Crippen molar-refractivity contribution in [3.05, 3.63) is 35.4 Å². The van der Waals surface area contributed by atoms with Gasteiger partial charge >= 0.3 is 0 Å². The molecule has 2 rings (SSSR count). The summed E-state index contributed by atoms with van der Waals surface area (Å²) < 4.78 is 27.0. The molecular weight excluding hydrogens is 236 g/mol. The highest BCUT2D eigenvalue weighted by molar-refractivity contribution is 5.25. The molecule has 1 aliphatic rings. The summed E-state index contributed by atoms with van der Waals surface area (Å²) >= 11 is 0. The van der Waals surface area contributed by atoms with Gasteiger partial charge in [0, 0.05) is 5.56 Å². The molecule has 1 fully saturated rings. The molecular formula is C14H19F2NO. The minimum Gasteiger partial charge on any atom is -0.386 e. The van der Waals surface area contributed by atoms with Crippen molar-refractivity contribution in [2.24, 2.45) is 0 Å². The van der Waals surface area contributed by atoms with E-state index in [4.69, 9.17) is 0 Å². The van der Waals surface area contributed by atoms with Crippen molar-refractivity contribution in [3.8, 4) is 0 Å². The standard InChI is InChI=1S/C14H19F2NO/c1-17(2)14(7-3-4-8-14)13(18)11-9-10(15)5-6-12(11)16/h5-6,9,13,18H,3-4,7-8H2,1-2H3. The molecule has 1 aromatic carbocycles. The van der Waals surface area contributed by atoms with Crippen molar-refractivity contribution in [3.63, 3.8) is 0 Å². The Morgan fingerprint density at radius 2 is 1.83 bits per heavy atom. The third-order valence-corrected chi connectivity index (χ3v) is 4.12. The fraction of sp³-hybridized carbons (Fsp3) is 0.571. The molecule has 1 N–H and O–H groups in total. The number of benzene rings is 1. The second kappa shape index (κ2) is 4.94. The fourth-order valence-electron chi connectivity index (χ4n) is 2.97. The van der Waals surface area contributed by atoms with Gasteiger partial charge in [0.1, 0.15) is 17.7 Å². The first-order chi connectivity index (χ1) is 8.47. The Morgan fingerprint density at radius 3 is 2.39 bits per heavy atom. The topological polar surface area (TPSA) is 23.5 Å². The number of hydrogen-bond acceptors (Lipinski definition) is 2. The van der Waals surface area contributed by atoms with Crippen LogP contribution in [0.5, 0.6) is 0 Å². The number of likely N-dealkylation sites (N-methyl/N-ethyl adjacent to an activating group) is 1. The molecule has 0 spiro atoms. The molecule has 18 heavy (non-hydrogen) atoms. The molecule has 0 radical (unpaired) electrons. The van der Waals surface area contributed by atoms with Crippen LogP contribution in [-0.4, -0.2) is 29.6 Å². The summed E-state index contributed by atoms with van der Waals surface area (Å²) in [7, 11) is 3.76. The fourth-order valence-corrected chi connectivity index (χ4v) is 2.97. The number of aliphatic hydroxyl groups is 1. The van der Waals surface area contributed by atoms with E-state index in [0.717, 1.165) is 43.9 Å². The average molecular weight is 255 g/mol. The van der Waals surface area contributed by atoms with Crippen molar-refractivity contribution in [1.82, 2.24) is 4.90 Å². The SMILES string of the molecule is CN(C)C1(C(O)c2cc(F)ccc2F)CCCC1. The van der Waals surface area contributed by atoms with Crippen LogP contribution in [0.15, 0.2) is 18.2 Å². The van der Waals surface area contributed by atoms with Gasteiger partial charge in [-0.2, -0.15) is 0 Å². The molecule has 0 aliphatic heterocycles. The van der Waals surface area contributed by atoms with Crippen LogP contribution in [0.3, 0.4) is 0 Å². The normalized spacial score (nSPS) is 20.3. The van der Waals surface area contributed by atoms with Gasteiger partial charge in [-0.1, -0.05) is 12.8 Å². The van der Waals surface area contributed by atoms with Crippen LogP contribution in [0.25, 0.3) is 0 Å². The van der Waals surface area contributed by atoms with Crippen LogP contribution >= 0.6 is 0 Å². The van der Waals surface area contributed by atoms with E-state index in [2.05, 4.69) is 0 Å². The first-order valence-electron chi connectivity index (χ1n) is 6.28. The first kappa shape index (κ1) is 13.4. The minimum atomic E-state index is -0.995. The third kappa shape index (κ3) is 2.15. The average Bonchev–Trinajstić information content (AvgIpc) is 2.82. The first-order valence-corrected chi connectivity index (χ1v) is 6.28. The zero-order valence-electron chi connectivity index (χ0n) is 10.8. The third-order valence-electron chi connectivity index (χ3n) is 4.12. The highest BCUT2D eigenvalue weighted by Crippen LogP contribution is 2.43. The molecule has 1 aliphatic carbocycles. The second-order valence-corrected chi connectivity index (χ2v) is 5.27. The van der Waals surface area contributed by atoms with Crippen molar-refractivity contribution in [1.29, 1.82) is 0 Å². The van der Waals surface area contributed by atoms with Gasteiger partial charge in [0.15, 0.2) is 0 Å². The molecule has 0 heterocycles. The molecule has 2 nitrogen and oxygen atoms in total. The van der Waals surface area contributed by atoms with E-state index >= 15 is 0 Å². The van der Waals surface area contributed by atoms with E-state index < -0.39 is 23.3 Å². The lowest BCUT2D eigenvalue weighted by molar-refractivity contribution is -0.00690. The number of nitrogens with zero attached hydrogens (tertiary/aromatic N) is 1. The summed E-state index contributed by atoms with van der Waals surface area (Å²) in [6.07, 6.45) is 2.62. The van der Waals surface area contributed by atoms with Crippen molar-refractivity contribution < 1.29 is 13.9 Å². The van der Waals surface area contributed by atoms with E-state index in [0.29, 0.717) is 0 Å². The molecule has 1 unspecified atom stereocenters. The van der Waals surface area contributed by atoms with Crippen molar-refractivity contribution in [2.45, 2.75) is 37.3 Å². The van der Waals surface area contributed by atoms with E-state index in [9.17, 15) is 13.9 Å². The van der Waals surface area contributed by atoms with Crippen LogP contribution in [-0.2, 0) is 0 Å². The number of rotatable bonds is 3. The van der Waals surface area contributed by atoms with Gasteiger partial charge in [0.2, 0.25) is 0 Å². The molecule has 1 aromatic rings. The lowest BCUT2D eigenvalue weighted by Gasteiger charge is -2.40. The highest BCUT2D eigenvalue weighted by atomic mass is 19.1. The van der Waals surface area contributed by atoms with Crippen LogP contribution in [0.1, 0.15) is 37.4 Å². The quantitative estimate of drug-likeness (QED) is 0.897. The molecule has 1 atom stereocenters. The highest BCUT2D eigenvalue weighted by Gasteiger charge is 2.44. The van der Waals surface area contributed by atoms with Crippen LogP contribution in [0, 0.1) is 11.6 Å². The van der Waals surface area contributed by atoms with E-state index in [1.165, 1.54) is 0 Å². The molecule has 4 heteroatoms. The Balaban J connectivity index is 2.39. The largest absolute Gasteiger partial charge is 0.386 e. The summed E-state index contributed by atoms with van der Waals surface area (Å²) in [6.45, 7) is 0. The number of aliphatic hydroxyl groups excluding tert-OH is 1. The summed E-state index contributed by atoms with van der Waals surface area (Å²) in [5, 5.41) is 10.5. The Hall–Kier alpha value is -1.00. The maximum Gasteiger partial charge on any atom is 0.129 e. The molecule has 0 aromatic heterocycles. The van der Waals surface area contributed by atoms with Crippen molar-refractivity contribution in [2.75, 3.05) is 14.1 Å². The molecule has 0 amide bonds. The number of hydrogen-bond donors (Lipinski definition) is 1. The monoisotopic (exact) mass is 255 g/mol. The maximum absolute atomic E-state index is 13.8. The Morgan fingerprint density at radius 1 is 1.22 bits per heavy atom. The lowest BCUT2D eigenvalue weighted by Crippen LogP contribution is -2.47. The second-order valence-electron chi connectivity index (χ2n) is 5.27.